The molecule has 0 radical (unpaired) electrons. The smallest absolute Gasteiger partial charge is 0.327 e. The van der Waals surface area contributed by atoms with Crippen LogP contribution in [0.15, 0.2) is 0 Å². The Morgan fingerprint density at radius 3 is 2.40 bits per heavy atom. The van der Waals surface area contributed by atoms with E-state index in [1.807, 2.05) is 13.8 Å². The lowest BCUT2D eigenvalue weighted by atomic mass is 10.2. The number of urea groups is 1. The summed E-state index contributed by atoms with van der Waals surface area (Å²) in [5, 5.41) is 13.5. The third kappa shape index (κ3) is 5.79. The number of carbonyl (C=O) groups is 3. The molecule has 0 spiro atoms. The molecule has 1 aromatic heterocycles. The van der Waals surface area contributed by atoms with Crippen LogP contribution < -0.4 is 10.6 Å². The van der Waals surface area contributed by atoms with E-state index in [2.05, 4.69) is 15.6 Å². The lowest BCUT2D eigenvalue weighted by Gasteiger charge is -2.03. The highest BCUT2D eigenvalue weighted by Gasteiger charge is 2.11. The molecule has 3 amide bonds. The maximum Gasteiger partial charge on any atom is 0.327 e. The van der Waals surface area contributed by atoms with Crippen molar-refractivity contribution < 1.29 is 19.5 Å². The number of rotatable bonds is 6. The van der Waals surface area contributed by atoms with Gasteiger partial charge in [0.25, 0.3) is 0 Å². The number of aromatic nitrogens is 1. The summed E-state index contributed by atoms with van der Waals surface area (Å²) in [4.78, 5) is 38.3. The molecule has 0 aliphatic rings. The van der Waals surface area contributed by atoms with E-state index >= 15 is 0 Å². The normalized spacial score (nSPS) is 10.1. The summed E-state index contributed by atoms with van der Waals surface area (Å²) in [6.45, 7) is 3.73. The maximum absolute atomic E-state index is 11.5. The van der Waals surface area contributed by atoms with E-state index in [1.54, 1.807) is 0 Å². The molecule has 1 aromatic rings. The number of nitrogens with zero attached hydrogens (tertiary/aromatic N) is 1. The van der Waals surface area contributed by atoms with Gasteiger partial charge in [-0.05, 0) is 26.7 Å². The first-order chi connectivity index (χ1) is 9.38. The second-order valence-electron chi connectivity index (χ2n) is 4.26. The molecule has 20 heavy (non-hydrogen) atoms. The highest BCUT2D eigenvalue weighted by molar-refractivity contribution is 7.15. The molecule has 0 aliphatic carbocycles. The number of hydrogen-bond donors (Lipinski definition) is 3. The molecule has 0 fully saturated rings. The molecule has 0 bridgehead atoms. The number of carboxylic acid groups (broad SMARTS) is 1. The minimum absolute atomic E-state index is 0.0249. The van der Waals surface area contributed by atoms with Gasteiger partial charge in [-0.15, -0.1) is 11.3 Å². The number of carboxylic acids is 1. The fraction of sp³-hybridized carbons (Fsp3) is 0.500. The van der Waals surface area contributed by atoms with Gasteiger partial charge < -0.3 is 5.11 Å². The van der Waals surface area contributed by atoms with Gasteiger partial charge in [0.15, 0.2) is 5.13 Å². The van der Waals surface area contributed by atoms with Crippen LogP contribution in [-0.4, -0.2) is 28.0 Å². The van der Waals surface area contributed by atoms with Crippen LogP contribution in [-0.2, 0) is 9.59 Å². The maximum atomic E-state index is 11.5. The van der Waals surface area contributed by atoms with Crippen molar-refractivity contribution in [3.8, 4) is 0 Å². The largest absolute Gasteiger partial charge is 0.481 e. The molecule has 1 heterocycles. The summed E-state index contributed by atoms with van der Waals surface area (Å²) in [7, 11) is 0. The first-order valence-electron chi connectivity index (χ1n) is 6.15. The molecular formula is C12H17N3O4S. The van der Waals surface area contributed by atoms with Gasteiger partial charge >= 0.3 is 12.0 Å². The van der Waals surface area contributed by atoms with Gasteiger partial charge in [-0.2, -0.15) is 0 Å². The third-order valence-corrected chi connectivity index (χ3v) is 3.53. The molecule has 0 atom stereocenters. The van der Waals surface area contributed by atoms with E-state index in [-0.39, 0.29) is 12.8 Å². The van der Waals surface area contributed by atoms with Gasteiger partial charge in [-0.3, -0.25) is 20.2 Å². The van der Waals surface area contributed by atoms with Gasteiger partial charge in [-0.25, -0.2) is 9.78 Å². The fourth-order valence-corrected chi connectivity index (χ4v) is 2.22. The van der Waals surface area contributed by atoms with Crippen LogP contribution in [0.5, 0.6) is 0 Å². The van der Waals surface area contributed by atoms with Crippen molar-refractivity contribution in [1.29, 1.82) is 0 Å². The number of imide groups is 1. The van der Waals surface area contributed by atoms with E-state index < -0.39 is 17.9 Å². The Kier molecular flexibility index (Phi) is 6.10. The summed E-state index contributed by atoms with van der Waals surface area (Å²) < 4.78 is 0. The van der Waals surface area contributed by atoms with Crippen LogP contribution in [0.4, 0.5) is 9.93 Å². The SMILES string of the molecule is Cc1nc(NC(=O)NC(=O)CCCCC(=O)O)sc1C. The number of unbranched alkanes of at least 4 members (excludes halogenated alkanes) is 1. The first-order valence-corrected chi connectivity index (χ1v) is 6.97. The van der Waals surface area contributed by atoms with Gasteiger partial charge in [0.1, 0.15) is 0 Å². The van der Waals surface area contributed by atoms with E-state index in [1.165, 1.54) is 11.3 Å². The molecule has 8 heteroatoms. The van der Waals surface area contributed by atoms with Crippen molar-refractivity contribution in [3.63, 3.8) is 0 Å². The number of carbonyl (C=O) groups excluding carboxylic acids is 2. The zero-order valence-electron chi connectivity index (χ0n) is 11.4. The lowest BCUT2D eigenvalue weighted by Crippen LogP contribution is -2.34. The van der Waals surface area contributed by atoms with Gasteiger partial charge in [0, 0.05) is 17.7 Å². The van der Waals surface area contributed by atoms with Crippen LogP contribution in [0.2, 0.25) is 0 Å². The fourth-order valence-electron chi connectivity index (χ4n) is 1.41. The Morgan fingerprint density at radius 1 is 1.20 bits per heavy atom. The standard InChI is InChI=1S/C12H17N3O4S/c1-7-8(2)20-12(13-7)15-11(19)14-9(16)5-3-4-6-10(17)18/h3-6H2,1-2H3,(H,17,18)(H2,13,14,15,16,19). The van der Waals surface area contributed by atoms with Crippen LogP contribution >= 0.6 is 11.3 Å². The number of aryl methyl sites for hydroxylation is 2. The van der Waals surface area contributed by atoms with Crippen molar-refractivity contribution in [2.45, 2.75) is 39.5 Å². The van der Waals surface area contributed by atoms with Crippen LogP contribution in [0.25, 0.3) is 0 Å². The topological polar surface area (TPSA) is 108 Å². The van der Waals surface area contributed by atoms with E-state index in [9.17, 15) is 14.4 Å². The van der Waals surface area contributed by atoms with E-state index in [0.29, 0.717) is 18.0 Å². The average Bonchev–Trinajstić information content (AvgIpc) is 2.63. The molecular weight excluding hydrogens is 282 g/mol. The van der Waals surface area contributed by atoms with E-state index in [0.717, 1.165) is 10.6 Å². The van der Waals surface area contributed by atoms with Gasteiger partial charge in [0.2, 0.25) is 5.91 Å². The predicted molar refractivity (Wildman–Crippen MR) is 74.9 cm³/mol. The molecule has 1 rings (SSSR count). The molecule has 7 nitrogen and oxygen atoms in total. The Hall–Kier alpha value is -1.96. The third-order valence-electron chi connectivity index (χ3n) is 2.55. The molecule has 0 aromatic carbocycles. The predicted octanol–water partition coefficient (Wildman–Crippen LogP) is 2.05. The summed E-state index contributed by atoms with van der Waals surface area (Å²) in [5.74, 6) is -1.32. The summed E-state index contributed by atoms with van der Waals surface area (Å²) in [6.07, 6.45) is 0.990. The molecule has 3 N–H and O–H groups in total. The number of thiazole rings is 1. The summed E-state index contributed by atoms with van der Waals surface area (Å²) >= 11 is 1.33. The van der Waals surface area contributed by atoms with Crippen LogP contribution in [0, 0.1) is 13.8 Å². The van der Waals surface area contributed by atoms with E-state index in [4.69, 9.17) is 5.11 Å². The number of anilines is 1. The summed E-state index contributed by atoms with van der Waals surface area (Å²) in [6, 6.07) is -0.623. The molecule has 0 aliphatic heterocycles. The van der Waals surface area contributed by atoms with Crippen molar-refractivity contribution in [2.24, 2.45) is 0 Å². The Labute approximate surface area is 120 Å². The molecule has 110 valence electrons. The van der Waals surface area contributed by atoms with Gasteiger partial charge in [0.05, 0.1) is 5.69 Å². The van der Waals surface area contributed by atoms with Crippen molar-refractivity contribution in [2.75, 3.05) is 5.32 Å². The van der Waals surface area contributed by atoms with Crippen LogP contribution in [0.1, 0.15) is 36.3 Å². The quantitative estimate of drug-likeness (QED) is 0.697. The number of hydrogen-bond acceptors (Lipinski definition) is 5. The van der Waals surface area contributed by atoms with Crippen molar-refractivity contribution in [1.82, 2.24) is 10.3 Å². The highest BCUT2D eigenvalue weighted by atomic mass is 32.1. The zero-order chi connectivity index (χ0) is 15.1. The highest BCUT2D eigenvalue weighted by Crippen LogP contribution is 2.20. The zero-order valence-corrected chi connectivity index (χ0v) is 12.2. The summed E-state index contributed by atoms with van der Waals surface area (Å²) in [5.41, 5.74) is 0.838. The molecule has 0 saturated heterocycles. The second kappa shape index (κ2) is 7.59. The number of nitrogens with one attached hydrogen (secondary N) is 2. The minimum atomic E-state index is -0.891. The minimum Gasteiger partial charge on any atom is -0.481 e. The molecule has 0 unspecified atom stereocenters. The average molecular weight is 299 g/mol. The number of amides is 3. The first kappa shape index (κ1) is 16.1. The van der Waals surface area contributed by atoms with Crippen LogP contribution in [0.3, 0.4) is 0 Å². The molecule has 0 saturated carbocycles. The van der Waals surface area contributed by atoms with Crippen molar-refractivity contribution in [3.05, 3.63) is 10.6 Å². The Balaban J connectivity index is 2.27. The second-order valence-corrected chi connectivity index (χ2v) is 5.47. The Bertz CT molecular complexity index is 493. The van der Waals surface area contributed by atoms with Gasteiger partial charge in [-0.1, -0.05) is 0 Å². The monoisotopic (exact) mass is 299 g/mol. The van der Waals surface area contributed by atoms with Crippen molar-refractivity contribution >= 4 is 34.4 Å². The number of aliphatic carboxylic acids is 1. The Morgan fingerprint density at radius 2 is 1.85 bits per heavy atom. The lowest BCUT2D eigenvalue weighted by molar-refractivity contribution is -0.137.